The van der Waals surface area contributed by atoms with Crippen molar-refractivity contribution >= 4 is 11.6 Å². The van der Waals surface area contributed by atoms with Crippen molar-refractivity contribution in [3.63, 3.8) is 0 Å². The number of hydrogen-bond donors (Lipinski definition) is 1. The molecule has 2 heterocycles. The molecule has 0 aliphatic carbocycles. The number of carbonyl (C=O) groups excluding carboxylic acids is 1. The van der Waals surface area contributed by atoms with Crippen molar-refractivity contribution in [3.05, 3.63) is 47.7 Å². The Hall–Kier alpha value is -3.27. The summed E-state index contributed by atoms with van der Waals surface area (Å²) in [5, 5.41) is 11.0. The van der Waals surface area contributed by atoms with Crippen LogP contribution in [-0.4, -0.2) is 56.5 Å². The van der Waals surface area contributed by atoms with E-state index in [4.69, 9.17) is 5.73 Å². The van der Waals surface area contributed by atoms with Gasteiger partial charge in [-0.05, 0) is 42.7 Å². The van der Waals surface area contributed by atoms with Crippen molar-refractivity contribution in [1.82, 2.24) is 30.1 Å². The Morgan fingerprint density at radius 3 is 2.81 bits per heavy atom. The molecule has 134 valence electrons. The first-order valence-corrected chi connectivity index (χ1v) is 7.55. The molecule has 26 heavy (non-hydrogen) atoms. The summed E-state index contributed by atoms with van der Waals surface area (Å²) in [6.45, 7) is 0.175. The Kier molecular flexibility index (Phi) is 4.67. The molecule has 0 radical (unpaired) electrons. The topological polar surface area (TPSA) is 103 Å². The Labute approximate surface area is 147 Å². The average Bonchev–Trinajstić information content (AvgIpc) is 3.06. The van der Waals surface area contributed by atoms with E-state index in [1.807, 2.05) is 0 Å². The highest BCUT2D eigenvalue weighted by Gasteiger charge is 2.20. The summed E-state index contributed by atoms with van der Waals surface area (Å²) < 4.78 is 28.7. The maximum absolute atomic E-state index is 14.1. The number of nitrogen functional groups attached to an aromatic ring is 1. The molecular weight excluding hydrogens is 344 g/mol. The maximum Gasteiger partial charge on any atom is 0.190 e. The summed E-state index contributed by atoms with van der Waals surface area (Å²) in [4.78, 5) is 18.0. The zero-order valence-corrected chi connectivity index (χ0v) is 14.0. The summed E-state index contributed by atoms with van der Waals surface area (Å²) in [5.41, 5.74) is 6.24. The summed E-state index contributed by atoms with van der Waals surface area (Å²) >= 11 is 0. The van der Waals surface area contributed by atoms with Gasteiger partial charge in [0.15, 0.2) is 23.2 Å². The third kappa shape index (κ3) is 3.26. The number of aromatic nitrogens is 5. The number of tetrazole rings is 1. The minimum absolute atomic E-state index is 0.0407. The Bertz CT molecular complexity index is 971. The predicted octanol–water partition coefficient (Wildman–Crippen LogP) is 1.33. The maximum atomic E-state index is 14.1. The largest absolute Gasteiger partial charge is 0.383 e. The van der Waals surface area contributed by atoms with Crippen molar-refractivity contribution in [2.45, 2.75) is 0 Å². The van der Waals surface area contributed by atoms with Gasteiger partial charge in [0.05, 0.1) is 12.1 Å². The van der Waals surface area contributed by atoms with Gasteiger partial charge in [0.2, 0.25) is 0 Å². The van der Waals surface area contributed by atoms with Crippen LogP contribution in [0.1, 0.15) is 10.4 Å². The van der Waals surface area contributed by atoms with Gasteiger partial charge in [-0.25, -0.2) is 13.8 Å². The van der Waals surface area contributed by atoms with Crippen LogP contribution in [0.15, 0.2) is 30.5 Å². The number of anilines is 1. The molecule has 0 saturated heterocycles. The normalized spacial score (nSPS) is 11.1. The van der Waals surface area contributed by atoms with E-state index in [1.54, 1.807) is 19.0 Å². The van der Waals surface area contributed by atoms with Gasteiger partial charge in [-0.3, -0.25) is 4.79 Å². The SMILES string of the molecule is CN(C)CC(=O)c1cnc(N)c(-c2nnnn2-c2cccc(F)c2F)c1. The van der Waals surface area contributed by atoms with E-state index >= 15 is 0 Å². The monoisotopic (exact) mass is 359 g/mol. The van der Waals surface area contributed by atoms with E-state index in [9.17, 15) is 13.6 Å². The zero-order chi connectivity index (χ0) is 18.8. The fraction of sp³-hybridized carbons (Fsp3) is 0.188. The number of carbonyl (C=O) groups is 1. The highest BCUT2D eigenvalue weighted by atomic mass is 19.2. The molecule has 0 unspecified atom stereocenters. The Morgan fingerprint density at radius 1 is 1.31 bits per heavy atom. The smallest absolute Gasteiger partial charge is 0.190 e. The molecule has 3 aromatic rings. The van der Waals surface area contributed by atoms with Crippen molar-refractivity contribution < 1.29 is 13.6 Å². The van der Waals surface area contributed by atoms with E-state index in [0.29, 0.717) is 5.56 Å². The lowest BCUT2D eigenvalue weighted by molar-refractivity contribution is 0.0957. The molecule has 0 amide bonds. The van der Waals surface area contributed by atoms with Crippen molar-refractivity contribution in [3.8, 4) is 17.1 Å². The molecule has 1 aromatic carbocycles. The third-order valence-corrected chi connectivity index (χ3v) is 3.57. The molecule has 0 aliphatic heterocycles. The number of hydrogen-bond acceptors (Lipinski definition) is 7. The lowest BCUT2D eigenvalue weighted by Crippen LogP contribution is -2.22. The van der Waals surface area contributed by atoms with Gasteiger partial charge in [-0.2, -0.15) is 4.68 Å². The first-order valence-electron chi connectivity index (χ1n) is 7.55. The van der Waals surface area contributed by atoms with Crippen LogP contribution in [0.5, 0.6) is 0 Å². The molecule has 2 N–H and O–H groups in total. The summed E-state index contributed by atoms with van der Waals surface area (Å²) in [6, 6.07) is 5.12. The number of ketones is 1. The minimum Gasteiger partial charge on any atom is -0.383 e. The van der Waals surface area contributed by atoms with Gasteiger partial charge in [-0.1, -0.05) is 6.07 Å². The molecule has 0 aliphatic rings. The van der Waals surface area contributed by atoms with Crippen molar-refractivity contribution in [2.24, 2.45) is 0 Å². The number of benzene rings is 1. The molecule has 0 fully saturated rings. The van der Waals surface area contributed by atoms with Crippen LogP contribution in [0.2, 0.25) is 0 Å². The lowest BCUT2D eigenvalue weighted by Gasteiger charge is -2.11. The molecule has 0 saturated carbocycles. The molecule has 10 heteroatoms. The van der Waals surface area contributed by atoms with Crippen molar-refractivity contribution in [2.75, 3.05) is 26.4 Å². The van der Waals surface area contributed by atoms with Crippen LogP contribution in [0.4, 0.5) is 14.6 Å². The highest BCUT2D eigenvalue weighted by Crippen LogP contribution is 2.26. The number of nitrogens with two attached hydrogens (primary N) is 1. The van der Waals surface area contributed by atoms with Gasteiger partial charge < -0.3 is 10.6 Å². The van der Waals surface area contributed by atoms with Crippen LogP contribution in [0.3, 0.4) is 0 Å². The van der Waals surface area contributed by atoms with Crippen LogP contribution in [-0.2, 0) is 0 Å². The zero-order valence-electron chi connectivity index (χ0n) is 14.0. The van der Waals surface area contributed by atoms with Crippen LogP contribution in [0, 0.1) is 11.6 Å². The Morgan fingerprint density at radius 2 is 2.08 bits per heavy atom. The van der Waals surface area contributed by atoms with Crippen LogP contribution in [0.25, 0.3) is 17.1 Å². The standard InChI is InChI=1S/C16H15F2N7O/c1-24(2)8-13(26)9-6-10(15(19)20-7-9)16-21-22-23-25(16)12-5-3-4-11(17)14(12)18/h3-7H,8H2,1-2H3,(H2,19,20). The van der Waals surface area contributed by atoms with Gasteiger partial charge in [0.25, 0.3) is 0 Å². The fourth-order valence-electron chi connectivity index (χ4n) is 2.36. The van der Waals surface area contributed by atoms with E-state index in [0.717, 1.165) is 10.7 Å². The molecule has 0 spiro atoms. The highest BCUT2D eigenvalue weighted by molar-refractivity contribution is 5.98. The number of Topliss-reactive ketones (excluding diaryl/α,β-unsaturated/α-hetero) is 1. The van der Waals surface area contributed by atoms with Crippen LogP contribution >= 0.6 is 0 Å². The van der Waals surface area contributed by atoms with Gasteiger partial charge in [-0.15, -0.1) is 5.10 Å². The second-order valence-corrected chi connectivity index (χ2v) is 5.80. The summed E-state index contributed by atoms with van der Waals surface area (Å²) in [7, 11) is 3.52. The number of pyridine rings is 1. The number of nitrogens with zero attached hydrogens (tertiary/aromatic N) is 6. The predicted molar refractivity (Wildman–Crippen MR) is 89.6 cm³/mol. The molecular formula is C16H15F2N7O. The first kappa shape index (κ1) is 17.5. The molecule has 3 rings (SSSR count). The first-order chi connectivity index (χ1) is 12.4. The van der Waals surface area contributed by atoms with E-state index in [2.05, 4.69) is 20.5 Å². The Balaban J connectivity index is 2.10. The second kappa shape index (κ2) is 6.92. The molecule has 0 bridgehead atoms. The minimum atomic E-state index is -1.10. The molecule has 8 nitrogen and oxygen atoms in total. The van der Waals surface area contributed by atoms with Gasteiger partial charge in [0, 0.05) is 11.8 Å². The van der Waals surface area contributed by atoms with Gasteiger partial charge in [0.1, 0.15) is 11.5 Å². The molecule has 2 aromatic heterocycles. The number of likely N-dealkylation sites (N-methyl/N-ethyl adjacent to an activating group) is 1. The summed E-state index contributed by atoms with van der Waals surface area (Å²) in [5.74, 6) is -2.23. The number of halogens is 2. The van der Waals surface area contributed by atoms with E-state index < -0.39 is 11.6 Å². The molecule has 0 atom stereocenters. The number of rotatable bonds is 5. The summed E-state index contributed by atoms with van der Waals surface area (Å²) in [6.07, 6.45) is 1.35. The second-order valence-electron chi connectivity index (χ2n) is 5.80. The average molecular weight is 359 g/mol. The quantitative estimate of drug-likeness (QED) is 0.686. The van der Waals surface area contributed by atoms with E-state index in [1.165, 1.54) is 24.4 Å². The van der Waals surface area contributed by atoms with Crippen molar-refractivity contribution in [1.29, 1.82) is 0 Å². The van der Waals surface area contributed by atoms with E-state index in [-0.39, 0.29) is 35.2 Å². The van der Waals surface area contributed by atoms with Crippen LogP contribution < -0.4 is 5.73 Å². The lowest BCUT2D eigenvalue weighted by atomic mass is 10.1. The third-order valence-electron chi connectivity index (χ3n) is 3.57. The fourth-order valence-corrected chi connectivity index (χ4v) is 2.36. The van der Waals surface area contributed by atoms with Gasteiger partial charge >= 0.3 is 0 Å².